The van der Waals surface area contributed by atoms with E-state index in [1.807, 2.05) is 54.3 Å². The van der Waals surface area contributed by atoms with E-state index in [-0.39, 0.29) is 0 Å². The number of allylic oxidation sites excluding steroid dienone is 4. The Morgan fingerprint density at radius 2 is 1.19 bits per heavy atom. The molecule has 10 aromatic rings. The van der Waals surface area contributed by atoms with Crippen LogP contribution in [0.4, 0.5) is 0 Å². The summed E-state index contributed by atoms with van der Waals surface area (Å²) in [7, 11) is 0. The van der Waals surface area contributed by atoms with Crippen LogP contribution >= 0.6 is 11.3 Å². The van der Waals surface area contributed by atoms with Crippen molar-refractivity contribution in [3.63, 3.8) is 0 Å². The predicted molar refractivity (Wildman–Crippen MR) is 240 cm³/mol. The fourth-order valence-corrected chi connectivity index (χ4v) is 9.67. The Morgan fingerprint density at radius 3 is 1.95 bits per heavy atom. The molecule has 0 N–H and O–H groups in total. The zero-order valence-corrected chi connectivity index (χ0v) is 32.1. The SMILES string of the molecule is CC1C=C(c2ccc3c(c2)c2cc(-c4ccccc4-c4ccccn4)ccc2n3-c2ccc3sc4ccc(-c5cccnc5)cc4c3c2)C(c2ccccn2)=CC1. The third-order valence-electron chi connectivity index (χ3n) is 11.3. The van der Waals surface area contributed by atoms with Gasteiger partial charge < -0.3 is 4.57 Å². The molecule has 1 atom stereocenters. The van der Waals surface area contributed by atoms with Crippen molar-refractivity contribution in [2.45, 2.75) is 13.3 Å². The van der Waals surface area contributed by atoms with Gasteiger partial charge in [-0.25, -0.2) is 0 Å². The molecule has 0 bridgehead atoms. The topological polar surface area (TPSA) is 43.6 Å². The normalized spacial score (nSPS) is 14.4. The molecular weight excluding hydrogens is 713 g/mol. The number of fused-ring (bicyclic) bond motifs is 6. The Balaban J connectivity index is 1.14. The Bertz CT molecular complexity index is 3210. The Morgan fingerprint density at radius 1 is 0.526 bits per heavy atom. The van der Waals surface area contributed by atoms with Crippen molar-refractivity contribution >= 4 is 64.5 Å². The summed E-state index contributed by atoms with van der Waals surface area (Å²) >= 11 is 1.85. The van der Waals surface area contributed by atoms with E-state index in [0.29, 0.717) is 5.92 Å². The van der Waals surface area contributed by atoms with Gasteiger partial charge >= 0.3 is 0 Å². The van der Waals surface area contributed by atoms with E-state index < -0.39 is 0 Å². The number of pyridine rings is 3. The van der Waals surface area contributed by atoms with Crippen molar-refractivity contribution in [1.29, 1.82) is 0 Å². The van der Waals surface area contributed by atoms with Crippen molar-refractivity contribution in [3.05, 3.63) is 194 Å². The van der Waals surface area contributed by atoms with Crippen LogP contribution in [0.15, 0.2) is 183 Å². The summed E-state index contributed by atoms with van der Waals surface area (Å²) in [5.41, 5.74) is 14.8. The largest absolute Gasteiger partial charge is 0.309 e. The number of hydrogen-bond donors (Lipinski definition) is 0. The lowest BCUT2D eigenvalue weighted by molar-refractivity contribution is 0.741. The molecule has 5 aromatic carbocycles. The lowest BCUT2D eigenvalue weighted by Gasteiger charge is -2.20. The van der Waals surface area contributed by atoms with E-state index in [2.05, 4.69) is 156 Å². The molecule has 11 rings (SSSR count). The fourth-order valence-electron chi connectivity index (χ4n) is 8.61. The minimum absolute atomic E-state index is 0.435. The first kappa shape index (κ1) is 33.4. The van der Waals surface area contributed by atoms with E-state index in [4.69, 9.17) is 9.97 Å². The molecule has 270 valence electrons. The molecule has 0 fully saturated rings. The molecule has 1 aliphatic rings. The van der Waals surface area contributed by atoms with Crippen molar-refractivity contribution in [1.82, 2.24) is 19.5 Å². The molecule has 0 aliphatic heterocycles. The summed E-state index contributed by atoms with van der Waals surface area (Å²) in [6.07, 6.45) is 13.3. The average molecular weight is 749 g/mol. The van der Waals surface area contributed by atoms with Crippen LogP contribution < -0.4 is 0 Å². The van der Waals surface area contributed by atoms with Crippen LogP contribution in [0.1, 0.15) is 24.6 Å². The first-order chi connectivity index (χ1) is 28.2. The predicted octanol–water partition coefficient (Wildman–Crippen LogP) is 13.8. The standard InChI is InChI=1S/C52H36N4S/c1-33-14-19-41(48-13-5-7-26-55-48)42(27-33)36-16-21-50-44(30-36)43-29-35(39-10-2-3-11-40(39)47-12-4-6-25-54-47)15-20-49(43)56(50)38-18-23-52-46(31-38)45-28-34(17-22-51(45)57-52)37-9-8-24-53-32-37/h2-13,15-33H,14H2,1H3. The molecule has 57 heavy (non-hydrogen) atoms. The molecule has 0 radical (unpaired) electrons. The van der Waals surface area contributed by atoms with Crippen molar-refractivity contribution in [2.75, 3.05) is 0 Å². The number of thiophene rings is 1. The Labute approximate surface area is 334 Å². The quantitative estimate of drug-likeness (QED) is 0.170. The molecule has 0 saturated heterocycles. The van der Waals surface area contributed by atoms with Crippen LogP contribution in [0.5, 0.6) is 0 Å². The van der Waals surface area contributed by atoms with Crippen LogP contribution in [0.3, 0.4) is 0 Å². The highest BCUT2D eigenvalue weighted by Gasteiger charge is 2.21. The number of nitrogens with zero attached hydrogens (tertiary/aromatic N) is 4. The van der Waals surface area contributed by atoms with Gasteiger partial charge in [0.2, 0.25) is 0 Å². The van der Waals surface area contributed by atoms with E-state index in [1.54, 1.807) is 0 Å². The summed E-state index contributed by atoms with van der Waals surface area (Å²) in [4.78, 5) is 13.9. The molecule has 5 heterocycles. The second-order valence-corrected chi connectivity index (χ2v) is 16.0. The monoisotopic (exact) mass is 748 g/mol. The summed E-state index contributed by atoms with van der Waals surface area (Å²) in [6, 6.07) is 52.7. The summed E-state index contributed by atoms with van der Waals surface area (Å²) < 4.78 is 5.01. The maximum Gasteiger partial charge on any atom is 0.0708 e. The minimum Gasteiger partial charge on any atom is -0.309 e. The highest BCUT2D eigenvalue weighted by Crippen LogP contribution is 2.43. The lowest BCUT2D eigenvalue weighted by Crippen LogP contribution is -2.02. The van der Waals surface area contributed by atoms with Crippen LogP contribution in [0, 0.1) is 5.92 Å². The Hall–Kier alpha value is -6.95. The summed E-state index contributed by atoms with van der Waals surface area (Å²) in [6.45, 7) is 2.30. The summed E-state index contributed by atoms with van der Waals surface area (Å²) in [5.74, 6) is 0.435. The van der Waals surface area contributed by atoms with E-state index in [9.17, 15) is 0 Å². The third-order valence-corrected chi connectivity index (χ3v) is 12.5. The van der Waals surface area contributed by atoms with Gasteiger partial charge in [0.25, 0.3) is 0 Å². The second kappa shape index (κ2) is 13.7. The molecule has 5 aromatic heterocycles. The maximum atomic E-state index is 4.78. The number of benzene rings is 5. The van der Waals surface area contributed by atoms with Gasteiger partial charge in [-0.3, -0.25) is 15.0 Å². The van der Waals surface area contributed by atoms with Crippen LogP contribution in [0.25, 0.3) is 92.3 Å². The van der Waals surface area contributed by atoms with Crippen molar-refractivity contribution < 1.29 is 0 Å². The molecule has 1 unspecified atom stereocenters. The molecular formula is C52H36N4S. The maximum absolute atomic E-state index is 4.78. The van der Waals surface area contributed by atoms with Crippen LogP contribution in [-0.2, 0) is 0 Å². The second-order valence-electron chi connectivity index (χ2n) is 14.9. The third kappa shape index (κ3) is 5.78. The number of rotatable bonds is 6. The van der Waals surface area contributed by atoms with Gasteiger partial charge in [-0.15, -0.1) is 11.3 Å². The molecule has 1 aliphatic carbocycles. The number of hydrogen-bond acceptors (Lipinski definition) is 4. The van der Waals surface area contributed by atoms with Gasteiger partial charge in [0.1, 0.15) is 0 Å². The zero-order chi connectivity index (χ0) is 37.9. The molecule has 0 saturated carbocycles. The lowest BCUT2D eigenvalue weighted by atomic mass is 9.85. The molecule has 5 heteroatoms. The van der Waals surface area contributed by atoms with E-state index in [1.165, 1.54) is 64.3 Å². The fraction of sp³-hybridized carbons (Fsp3) is 0.0577. The van der Waals surface area contributed by atoms with Gasteiger partial charge in [-0.2, -0.15) is 0 Å². The van der Waals surface area contributed by atoms with Crippen LogP contribution in [-0.4, -0.2) is 19.5 Å². The van der Waals surface area contributed by atoms with Gasteiger partial charge in [0, 0.05) is 78.1 Å². The molecule has 0 spiro atoms. The highest BCUT2D eigenvalue weighted by atomic mass is 32.1. The van der Waals surface area contributed by atoms with Gasteiger partial charge in [-0.05, 0) is 125 Å². The van der Waals surface area contributed by atoms with Gasteiger partial charge in [0.05, 0.1) is 22.4 Å². The molecule has 4 nitrogen and oxygen atoms in total. The van der Waals surface area contributed by atoms with Gasteiger partial charge in [0.15, 0.2) is 0 Å². The minimum atomic E-state index is 0.435. The van der Waals surface area contributed by atoms with E-state index >= 15 is 0 Å². The van der Waals surface area contributed by atoms with Gasteiger partial charge in [-0.1, -0.05) is 79.7 Å². The van der Waals surface area contributed by atoms with Crippen molar-refractivity contribution in [2.24, 2.45) is 5.92 Å². The van der Waals surface area contributed by atoms with E-state index in [0.717, 1.165) is 45.7 Å². The van der Waals surface area contributed by atoms with Crippen molar-refractivity contribution in [3.8, 4) is 39.2 Å². The zero-order valence-electron chi connectivity index (χ0n) is 31.3. The highest BCUT2D eigenvalue weighted by molar-refractivity contribution is 7.25. The summed E-state index contributed by atoms with van der Waals surface area (Å²) in [5, 5.41) is 4.95. The van der Waals surface area contributed by atoms with Crippen LogP contribution in [0.2, 0.25) is 0 Å². The average Bonchev–Trinajstić information content (AvgIpc) is 3.81. The smallest absolute Gasteiger partial charge is 0.0708 e. The first-order valence-electron chi connectivity index (χ1n) is 19.5. The Kier molecular flexibility index (Phi) is 8.00. The first-order valence-corrected chi connectivity index (χ1v) is 20.3. The molecule has 0 amide bonds. The number of aromatic nitrogens is 4.